The van der Waals surface area contributed by atoms with Gasteiger partial charge >= 0.3 is 0 Å². The van der Waals surface area contributed by atoms with E-state index in [-0.39, 0.29) is 5.75 Å². The number of rotatable bonds is 2. The van der Waals surface area contributed by atoms with Crippen LogP contribution in [-0.2, 0) is 15.9 Å². The molecule has 0 saturated heterocycles. The van der Waals surface area contributed by atoms with E-state index >= 15 is 0 Å². The molecule has 1 N–H and O–H groups in total. The van der Waals surface area contributed by atoms with Crippen LogP contribution in [0, 0.1) is 3.57 Å². The van der Waals surface area contributed by atoms with E-state index < -0.39 is 10.1 Å². The van der Waals surface area contributed by atoms with Crippen LogP contribution in [0.5, 0.6) is 0 Å². The van der Waals surface area contributed by atoms with Gasteiger partial charge in [-0.3, -0.25) is 4.55 Å². The van der Waals surface area contributed by atoms with Crippen LogP contribution in [0.15, 0.2) is 22.7 Å². The van der Waals surface area contributed by atoms with Crippen molar-refractivity contribution in [2.24, 2.45) is 0 Å². The molecule has 13 heavy (non-hydrogen) atoms. The highest BCUT2D eigenvalue weighted by Gasteiger charge is 2.10. The second kappa shape index (κ2) is 4.24. The lowest BCUT2D eigenvalue weighted by molar-refractivity contribution is 0.482. The fourth-order valence-electron chi connectivity index (χ4n) is 0.856. The van der Waals surface area contributed by atoms with Gasteiger partial charge in [0.2, 0.25) is 0 Å². The molecular formula is C7H6BrIO3S. The fourth-order valence-corrected chi connectivity index (χ4v) is 2.71. The second-order valence-electron chi connectivity index (χ2n) is 2.44. The van der Waals surface area contributed by atoms with Gasteiger partial charge in [-0.2, -0.15) is 8.42 Å². The molecule has 0 amide bonds. The van der Waals surface area contributed by atoms with E-state index in [9.17, 15) is 8.42 Å². The maximum absolute atomic E-state index is 10.6. The fraction of sp³-hybridized carbons (Fsp3) is 0.143. The minimum absolute atomic E-state index is 0.343. The minimum Gasteiger partial charge on any atom is -0.285 e. The van der Waals surface area contributed by atoms with Crippen LogP contribution >= 0.6 is 38.5 Å². The largest absolute Gasteiger partial charge is 0.285 e. The maximum atomic E-state index is 10.6. The van der Waals surface area contributed by atoms with Crippen molar-refractivity contribution in [1.29, 1.82) is 0 Å². The molecule has 0 aliphatic heterocycles. The van der Waals surface area contributed by atoms with Crippen molar-refractivity contribution in [3.05, 3.63) is 31.8 Å². The standard InChI is InChI=1S/C7H6BrIO3S/c8-6-3-1-2-5(7(6)9)4-13(10,11)12/h1-3H,4H2,(H,10,11,12). The molecule has 0 heterocycles. The number of hydrogen-bond acceptors (Lipinski definition) is 2. The Hall–Kier alpha value is 0.340. The van der Waals surface area contributed by atoms with Gasteiger partial charge in [0.05, 0.1) is 0 Å². The molecule has 72 valence electrons. The highest BCUT2D eigenvalue weighted by molar-refractivity contribution is 14.1. The van der Waals surface area contributed by atoms with Gasteiger partial charge in [0.15, 0.2) is 0 Å². The zero-order chi connectivity index (χ0) is 10.1. The maximum Gasteiger partial charge on any atom is 0.269 e. The molecule has 1 rings (SSSR count). The quantitative estimate of drug-likeness (QED) is 0.637. The van der Waals surface area contributed by atoms with E-state index in [0.29, 0.717) is 5.56 Å². The van der Waals surface area contributed by atoms with Crippen LogP contribution in [0.25, 0.3) is 0 Å². The summed E-state index contributed by atoms with van der Waals surface area (Å²) >= 11 is 5.29. The smallest absolute Gasteiger partial charge is 0.269 e. The summed E-state index contributed by atoms with van der Waals surface area (Å²) in [6.07, 6.45) is 0. The molecule has 0 radical (unpaired) electrons. The normalized spacial score (nSPS) is 11.6. The first kappa shape index (κ1) is 11.4. The van der Waals surface area contributed by atoms with Crippen molar-refractivity contribution in [2.75, 3.05) is 0 Å². The van der Waals surface area contributed by atoms with Gasteiger partial charge in [-0.05, 0) is 50.2 Å². The number of benzene rings is 1. The molecule has 0 fully saturated rings. The molecule has 6 heteroatoms. The molecule has 1 aromatic rings. The first-order valence-corrected chi connectivity index (χ1v) is 6.76. The van der Waals surface area contributed by atoms with Crippen LogP contribution in [0.4, 0.5) is 0 Å². The van der Waals surface area contributed by atoms with E-state index in [2.05, 4.69) is 15.9 Å². The monoisotopic (exact) mass is 376 g/mol. The Kier molecular flexibility index (Phi) is 3.73. The van der Waals surface area contributed by atoms with Gasteiger partial charge in [0.1, 0.15) is 5.75 Å². The van der Waals surface area contributed by atoms with Gasteiger partial charge in [-0.1, -0.05) is 12.1 Å². The van der Waals surface area contributed by atoms with Crippen LogP contribution in [-0.4, -0.2) is 13.0 Å². The Morgan fingerprint density at radius 1 is 1.46 bits per heavy atom. The first-order valence-electron chi connectivity index (χ1n) is 3.28. The van der Waals surface area contributed by atoms with Gasteiger partial charge in [-0.25, -0.2) is 0 Å². The molecule has 0 atom stereocenters. The van der Waals surface area contributed by atoms with Crippen LogP contribution in [0.3, 0.4) is 0 Å². The Labute approximate surface area is 98.6 Å². The molecule has 1 aromatic carbocycles. The third-order valence-electron chi connectivity index (χ3n) is 1.37. The minimum atomic E-state index is -3.94. The van der Waals surface area contributed by atoms with Crippen molar-refractivity contribution in [3.8, 4) is 0 Å². The van der Waals surface area contributed by atoms with E-state index in [1.54, 1.807) is 12.1 Å². The third kappa shape index (κ3) is 3.53. The van der Waals surface area contributed by atoms with Crippen molar-refractivity contribution in [3.63, 3.8) is 0 Å². The van der Waals surface area contributed by atoms with E-state index in [0.717, 1.165) is 8.04 Å². The van der Waals surface area contributed by atoms with Crippen molar-refractivity contribution < 1.29 is 13.0 Å². The molecule has 3 nitrogen and oxygen atoms in total. The van der Waals surface area contributed by atoms with Crippen LogP contribution in [0.1, 0.15) is 5.56 Å². The average Bonchev–Trinajstić information content (AvgIpc) is 1.96. The van der Waals surface area contributed by atoms with Crippen LogP contribution in [0.2, 0.25) is 0 Å². The zero-order valence-corrected chi connectivity index (χ0v) is 10.9. The lowest BCUT2D eigenvalue weighted by Gasteiger charge is -2.03. The SMILES string of the molecule is O=S(=O)(O)Cc1cccc(Br)c1I. The van der Waals surface area contributed by atoms with Crippen LogP contribution < -0.4 is 0 Å². The molecule has 0 spiro atoms. The summed E-state index contributed by atoms with van der Waals surface area (Å²) in [5.41, 5.74) is 0.595. The van der Waals surface area contributed by atoms with E-state index in [4.69, 9.17) is 4.55 Å². The molecule has 0 aromatic heterocycles. The molecular weight excluding hydrogens is 371 g/mol. The molecule has 0 aliphatic rings. The zero-order valence-electron chi connectivity index (χ0n) is 6.37. The van der Waals surface area contributed by atoms with Crippen molar-refractivity contribution in [1.82, 2.24) is 0 Å². The third-order valence-corrected chi connectivity index (χ3v) is 4.72. The Balaban J connectivity index is 3.10. The van der Waals surface area contributed by atoms with Gasteiger partial charge in [-0.15, -0.1) is 0 Å². The lowest BCUT2D eigenvalue weighted by Crippen LogP contribution is -2.03. The summed E-state index contributed by atoms with van der Waals surface area (Å²) in [6.45, 7) is 0. The van der Waals surface area contributed by atoms with Crippen molar-refractivity contribution >= 4 is 48.6 Å². The number of halogens is 2. The second-order valence-corrected chi connectivity index (χ2v) is 5.82. The Morgan fingerprint density at radius 2 is 2.08 bits per heavy atom. The summed E-state index contributed by atoms with van der Waals surface area (Å²) in [5, 5.41) is 0. The summed E-state index contributed by atoms with van der Waals surface area (Å²) in [5.74, 6) is -0.343. The number of hydrogen-bond donors (Lipinski definition) is 1. The molecule has 0 bridgehead atoms. The molecule has 0 aliphatic carbocycles. The highest BCUT2D eigenvalue weighted by Crippen LogP contribution is 2.23. The summed E-state index contributed by atoms with van der Waals surface area (Å²) in [4.78, 5) is 0. The average molecular weight is 377 g/mol. The highest BCUT2D eigenvalue weighted by atomic mass is 127. The Morgan fingerprint density at radius 3 is 2.62 bits per heavy atom. The molecule has 0 saturated carbocycles. The predicted molar refractivity (Wildman–Crippen MR) is 62.1 cm³/mol. The van der Waals surface area contributed by atoms with Gasteiger partial charge in [0, 0.05) is 8.04 Å². The topological polar surface area (TPSA) is 54.4 Å². The van der Waals surface area contributed by atoms with E-state index in [1.807, 2.05) is 28.7 Å². The lowest BCUT2D eigenvalue weighted by atomic mass is 10.2. The molecule has 0 unspecified atom stereocenters. The predicted octanol–water partition coefficient (Wildman–Crippen LogP) is 2.44. The van der Waals surface area contributed by atoms with Gasteiger partial charge in [0.25, 0.3) is 10.1 Å². The Bertz CT molecular complexity index is 416. The van der Waals surface area contributed by atoms with Crippen molar-refractivity contribution in [2.45, 2.75) is 5.75 Å². The summed E-state index contributed by atoms with van der Waals surface area (Å²) in [7, 11) is -3.94. The first-order chi connectivity index (χ1) is 5.90. The summed E-state index contributed by atoms with van der Waals surface area (Å²) < 4.78 is 31.5. The summed E-state index contributed by atoms with van der Waals surface area (Å²) in [6, 6.07) is 5.21. The van der Waals surface area contributed by atoms with Gasteiger partial charge < -0.3 is 0 Å². The van der Waals surface area contributed by atoms with E-state index in [1.165, 1.54) is 0 Å².